The summed E-state index contributed by atoms with van der Waals surface area (Å²) in [6, 6.07) is 8.75. The van der Waals surface area contributed by atoms with Gasteiger partial charge < -0.3 is 10.4 Å². The zero-order valence-electron chi connectivity index (χ0n) is 16.3. The Hall–Kier alpha value is -2.86. The molecule has 7 heteroatoms. The minimum absolute atomic E-state index is 0.0258. The van der Waals surface area contributed by atoms with Crippen molar-refractivity contribution in [3.05, 3.63) is 64.1 Å². The molecule has 0 atom stereocenters. The molecule has 0 spiro atoms. The quantitative estimate of drug-likeness (QED) is 0.577. The van der Waals surface area contributed by atoms with Crippen LogP contribution in [0.5, 0.6) is 5.75 Å². The molecule has 0 aliphatic rings. The van der Waals surface area contributed by atoms with E-state index in [0.29, 0.717) is 39.3 Å². The molecule has 29 heavy (non-hydrogen) atoms. The maximum absolute atomic E-state index is 14.1. The van der Waals surface area contributed by atoms with E-state index in [1.165, 1.54) is 10.6 Å². The molecule has 0 saturated heterocycles. The summed E-state index contributed by atoms with van der Waals surface area (Å²) in [5.74, 6) is -1.92. The zero-order chi connectivity index (χ0) is 21.1. The lowest BCUT2D eigenvalue weighted by Gasteiger charge is -2.08. The van der Waals surface area contributed by atoms with Crippen molar-refractivity contribution in [1.82, 2.24) is 9.88 Å². The first-order chi connectivity index (χ1) is 13.8. The largest absolute Gasteiger partial charge is 0.505 e. The number of hydrogen-bond acceptors (Lipinski definition) is 3. The molecule has 152 valence electrons. The third kappa shape index (κ3) is 4.27. The summed E-state index contributed by atoms with van der Waals surface area (Å²) in [6.45, 7) is 4.30. The van der Waals surface area contributed by atoms with E-state index >= 15 is 0 Å². The van der Waals surface area contributed by atoms with Gasteiger partial charge in [0.25, 0.3) is 5.91 Å². The fourth-order valence-corrected chi connectivity index (χ4v) is 3.45. The predicted molar refractivity (Wildman–Crippen MR) is 111 cm³/mol. The number of carbonyl (C=O) groups is 2. The van der Waals surface area contributed by atoms with Crippen LogP contribution in [0, 0.1) is 12.7 Å². The lowest BCUT2D eigenvalue weighted by atomic mass is 10.1. The Labute approximate surface area is 173 Å². The van der Waals surface area contributed by atoms with E-state index in [1.54, 1.807) is 31.2 Å². The van der Waals surface area contributed by atoms with Crippen LogP contribution in [0.3, 0.4) is 0 Å². The van der Waals surface area contributed by atoms with Gasteiger partial charge in [-0.25, -0.2) is 4.39 Å². The van der Waals surface area contributed by atoms with Gasteiger partial charge in [0.05, 0.1) is 11.9 Å². The van der Waals surface area contributed by atoms with Crippen molar-refractivity contribution in [3.8, 4) is 5.75 Å². The van der Waals surface area contributed by atoms with Gasteiger partial charge in [-0.15, -0.1) is 0 Å². The van der Waals surface area contributed by atoms with E-state index < -0.39 is 11.6 Å². The van der Waals surface area contributed by atoms with Crippen LogP contribution >= 0.6 is 11.6 Å². The SMILES string of the molecule is CCCCNC(=O)Cc1c(C)n(C(=O)c2ccc(Cl)cc2)c2cc(F)c(O)cc12. The van der Waals surface area contributed by atoms with Crippen molar-refractivity contribution in [2.75, 3.05) is 6.54 Å². The molecular formula is C22H22ClFN2O3. The molecule has 5 nitrogen and oxygen atoms in total. The number of phenols is 1. The van der Waals surface area contributed by atoms with Crippen molar-refractivity contribution in [3.63, 3.8) is 0 Å². The summed E-state index contributed by atoms with van der Waals surface area (Å²) in [7, 11) is 0. The van der Waals surface area contributed by atoms with Crippen LogP contribution in [0.1, 0.15) is 41.4 Å². The average Bonchev–Trinajstić information content (AvgIpc) is 2.93. The average molecular weight is 417 g/mol. The van der Waals surface area contributed by atoms with Gasteiger partial charge >= 0.3 is 0 Å². The Kier molecular flexibility index (Phi) is 6.23. The van der Waals surface area contributed by atoms with Crippen molar-refractivity contribution < 1.29 is 19.1 Å². The molecule has 0 bridgehead atoms. The lowest BCUT2D eigenvalue weighted by Crippen LogP contribution is -2.26. The van der Waals surface area contributed by atoms with E-state index in [2.05, 4.69) is 5.32 Å². The van der Waals surface area contributed by atoms with E-state index in [9.17, 15) is 19.1 Å². The van der Waals surface area contributed by atoms with Gasteiger partial charge in [-0.05, 0) is 49.2 Å². The lowest BCUT2D eigenvalue weighted by molar-refractivity contribution is -0.120. The molecule has 0 radical (unpaired) electrons. The van der Waals surface area contributed by atoms with E-state index in [0.717, 1.165) is 18.9 Å². The number of aromatic hydroxyl groups is 1. The predicted octanol–water partition coefficient (Wildman–Crippen LogP) is 4.60. The van der Waals surface area contributed by atoms with Gasteiger partial charge in [-0.1, -0.05) is 24.9 Å². The molecule has 0 unspecified atom stereocenters. The number of phenolic OH excluding ortho intramolecular Hbond substituents is 1. The number of hydrogen-bond donors (Lipinski definition) is 2. The van der Waals surface area contributed by atoms with Gasteiger partial charge in [-0.3, -0.25) is 14.2 Å². The van der Waals surface area contributed by atoms with Gasteiger partial charge in [0.1, 0.15) is 0 Å². The molecule has 0 aliphatic carbocycles. The Balaban J connectivity index is 2.09. The van der Waals surface area contributed by atoms with Crippen LogP contribution in [-0.4, -0.2) is 28.0 Å². The van der Waals surface area contributed by atoms with E-state index in [4.69, 9.17) is 11.6 Å². The number of fused-ring (bicyclic) bond motifs is 1. The maximum Gasteiger partial charge on any atom is 0.262 e. The second kappa shape index (κ2) is 8.66. The molecule has 1 aromatic heterocycles. The molecular weight excluding hydrogens is 395 g/mol. The number of carbonyl (C=O) groups excluding carboxylic acids is 2. The Morgan fingerprint density at radius 1 is 1.21 bits per heavy atom. The monoisotopic (exact) mass is 416 g/mol. The van der Waals surface area contributed by atoms with E-state index in [-0.39, 0.29) is 18.2 Å². The third-order valence-electron chi connectivity index (χ3n) is 4.89. The number of nitrogens with zero attached hydrogens (tertiary/aromatic N) is 1. The van der Waals surface area contributed by atoms with Crippen LogP contribution in [0.4, 0.5) is 4.39 Å². The maximum atomic E-state index is 14.1. The Morgan fingerprint density at radius 2 is 1.90 bits per heavy atom. The highest BCUT2D eigenvalue weighted by molar-refractivity contribution is 6.30. The number of nitrogens with one attached hydrogen (secondary N) is 1. The summed E-state index contributed by atoms with van der Waals surface area (Å²) in [6.07, 6.45) is 1.85. The third-order valence-corrected chi connectivity index (χ3v) is 5.14. The number of benzene rings is 2. The summed E-state index contributed by atoms with van der Waals surface area (Å²) < 4.78 is 15.5. The normalized spacial score (nSPS) is 11.0. The molecule has 1 heterocycles. The van der Waals surface area contributed by atoms with Crippen LogP contribution in [0.15, 0.2) is 36.4 Å². The van der Waals surface area contributed by atoms with Gasteiger partial charge in [-0.2, -0.15) is 0 Å². The first kappa shape index (κ1) is 20.9. The molecule has 2 N–H and O–H groups in total. The van der Waals surface area contributed by atoms with Gasteiger partial charge in [0, 0.05) is 34.3 Å². The number of rotatable bonds is 6. The topological polar surface area (TPSA) is 71.3 Å². The summed E-state index contributed by atoms with van der Waals surface area (Å²) in [4.78, 5) is 25.5. The molecule has 0 fully saturated rings. The van der Waals surface area contributed by atoms with Crippen molar-refractivity contribution >= 4 is 34.3 Å². The van der Waals surface area contributed by atoms with Gasteiger partial charge in [0.15, 0.2) is 11.6 Å². The zero-order valence-corrected chi connectivity index (χ0v) is 17.0. The highest BCUT2D eigenvalue weighted by Crippen LogP contribution is 2.32. The second-order valence-electron chi connectivity index (χ2n) is 6.91. The highest BCUT2D eigenvalue weighted by Gasteiger charge is 2.23. The summed E-state index contributed by atoms with van der Waals surface area (Å²) in [5.41, 5.74) is 1.78. The van der Waals surface area contributed by atoms with Crippen LogP contribution in [0.2, 0.25) is 5.02 Å². The fourth-order valence-electron chi connectivity index (χ4n) is 3.32. The van der Waals surface area contributed by atoms with Crippen molar-refractivity contribution in [1.29, 1.82) is 0 Å². The molecule has 0 aliphatic heterocycles. The number of unbranched alkanes of at least 4 members (excludes halogenated alkanes) is 1. The van der Waals surface area contributed by atoms with Gasteiger partial charge in [0.2, 0.25) is 5.91 Å². The number of halogens is 2. The van der Waals surface area contributed by atoms with Crippen LogP contribution in [0.25, 0.3) is 10.9 Å². The molecule has 1 amide bonds. The Bertz CT molecular complexity index is 1070. The number of aromatic nitrogens is 1. The summed E-state index contributed by atoms with van der Waals surface area (Å²) >= 11 is 5.90. The van der Waals surface area contributed by atoms with Crippen molar-refractivity contribution in [2.45, 2.75) is 33.1 Å². The van der Waals surface area contributed by atoms with Crippen LogP contribution < -0.4 is 5.32 Å². The molecule has 3 rings (SSSR count). The first-order valence-corrected chi connectivity index (χ1v) is 9.80. The van der Waals surface area contributed by atoms with Crippen molar-refractivity contribution in [2.24, 2.45) is 0 Å². The Morgan fingerprint density at radius 3 is 2.55 bits per heavy atom. The fraction of sp³-hybridized carbons (Fsp3) is 0.273. The standard InChI is InChI=1S/C22H22ClFN2O3/c1-3-4-9-25-21(28)11-16-13(2)26(19-12-18(24)20(27)10-17(16)19)22(29)14-5-7-15(23)8-6-14/h5-8,10,12,27H,3-4,9,11H2,1-2H3,(H,25,28). The first-order valence-electron chi connectivity index (χ1n) is 9.42. The minimum Gasteiger partial charge on any atom is -0.505 e. The molecule has 0 saturated carbocycles. The summed E-state index contributed by atoms with van der Waals surface area (Å²) in [5, 5.41) is 13.7. The van der Waals surface area contributed by atoms with E-state index in [1.807, 2.05) is 6.92 Å². The highest BCUT2D eigenvalue weighted by atomic mass is 35.5. The second-order valence-corrected chi connectivity index (χ2v) is 7.35. The minimum atomic E-state index is -0.834. The van der Waals surface area contributed by atoms with Crippen LogP contribution in [-0.2, 0) is 11.2 Å². The smallest absolute Gasteiger partial charge is 0.262 e. The molecule has 2 aromatic carbocycles. The molecule has 3 aromatic rings. The number of amides is 1.